The molecule has 0 spiro atoms. The van der Waals surface area contributed by atoms with Gasteiger partial charge in [-0.2, -0.15) is 0 Å². The van der Waals surface area contributed by atoms with Crippen molar-refractivity contribution in [2.45, 2.75) is 31.7 Å². The molecule has 0 aliphatic rings. The highest BCUT2D eigenvalue weighted by molar-refractivity contribution is 7.89. The molecule has 0 unspecified atom stereocenters. The van der Waals surface area contributed by atoms with Crippen molar-refractivity contribution >= 4 is 15.7 Å². The van der Waals surface area contributed by atoms with E-state index in [-0.39, 0.29) is 17.5 Å². The van der Waals surface area contributed by atoms with Gasteiger partial charge in [0.1, 0.15) is 10.6 Å². The number of anilines is 1. The van der Waals surface area contributed by atoms with Crippen LogP contribution in [0.2, 0.25) is 0 Å². The van der Waals surface area contributed by atoms with E-state index in [0.29, 0.717) is 11.5 Å². The summed E-state index contributed by atoms with van der Waals surface area (Å²) >= 11 is 0. The van der Waals surface area contributed by atoms with E-state index in [1.54, 1.807) is 13.8 Å². The largest absolute Gasteiger partial charge is 0.371 e. The SMILES string of the molecule is Cc1noc(C)c1S(=O)(=O)NC[C@@H](C)N(C)c1ccccc1. The Balaban J connectivity index is 2.06. The van der Waals surface area contributed by atoms with Gasteiger partial charge in [0.25, 0.3) is 0 Å². The van der Waals surface area contributed by atoms with Gasteiger partial charge in [0.15, 0.2) is 5.76 Å². The van der Waals surface area contributed by atoms with Crippen LogP contribution < -0.4 is 9.62 Å². The van der Waals surface area contributed by atoms with Gasteiger partial charge in [0.2, 0.25) is 10.0 Å². The molecule has 2 rings (SSSR count). The predicted molar refractivity (Wildman–Crippen MR) is 85.5 cm³/mol. The van der Waals surface area contributed by atoms with Gasteiger partial charge in [-0.25, -0.2) is 13.1 Å². The Morgan fingerprint density at radius 2 is 1.91 bits per heavy atom. The molecule has 0 bridgehead atoms. The van der Waals surface area contributed by atoms with Crippen LogP contribution in [0.25, 0.3) is 0 Å². The number of likely N-dealkylation sites (N-methyl/N-ethyl adjacent to an activating group) is 1. The third-order valence-corrected chi connectivity index (χ3v) is 5.30. The van der Waals surface area contributed by atoms with Crippen LogP contribution in [-0.4, -0.2) is 33.2 Å². The Hall–Kier alpha value is -1.86. The van der Waals surface area contributed by atoms with Crippen LogP contribution in [0.5, 0.6) is 0 Å². The molecular formula is C15H21N3O3S. The van der Waals surface area contributed by atoms with Crippen LogP contribution in [0.15, 0.2) is 39.8 Å². The van der Waals surface area contributed by atoms with Crippen molar-refractivity contribution in [2.24, 2.45) is 0 Å². The topological polar surface area (TPSA) is 75.4 Å². The summed E-state index contributed by atoms with van der Waals surface area (Å²) in [6.45, 7) is 5.46. The number of nitrogens with one attached hydrogen (secondary N) is 1. The highest BCUT2D eigenvalue weighted by Gasteiger charge is 2.24. The second-order valence-electron chi connectivity index (χ2n) is 5.30. The second-order valence-corrected chi connectivity index (χ2v) is 7.00. The monoisotopic (exact) mass is 323 g/mol. The summed E-state index contributed by atoms with van der Waals surface area (Å²) in [6.07, 6.45) is 0. The van der Waals surface area contributed by atoms with Crippen LogP contribution in [0.1, 0.15) is 18.4 Å². The summed E-state index contributed by atoms with van der Waals surface area (Å²) in [7, 11) is -1.69. The molecule has 0 aliphatic carbocycles. The van der Waals surface area contributed by atoms with Gasteiger partial charge in [0.05, 0.1) is 0 Å². The van der Waals surface area contributed by atoms with E-state index >= 15 is 0 Å². The number of nitrogens with zero attached hydrogens (tertiary/aromatic N) is 2. The van der Waals surface area contributed by atoms with Crippen molar-refractivity contribution in [3.8, 4) is 0 Å². The maximum absolute atomic E-state index is 12.4. The average Bonchev–Trinajstić information content (AvgIpc) is 2.84. The van der Waals surface area contributed by atoms with Gasteiger partial charge in [0, 0.05) is 25.3 Å². The minimum absolute atomic E-state index is 0.00218. The van der Waals surface area contributed by atoms with Crippen molar-refractivity contribution < 1.29 is 12.9 Å². The quantitative estimate of drug-likeness (QED) is 0.881. The highest BCUT2D eigenvalue weighted by Crippen LogP contribution is 2.19. The van der Waals surface area contributed by atoms with E-state index < -0.39 is 10.0 Å². The van der Waals surface area contributed by atoms with Gasteiger partial charge >= 0.3 is 0 Å². The summed E-state index contributed by atoms with van der Waals surface area (Å²) in [5.74, 6) is 0.300. The molecule has 1 N–H and O–H groups in total. The summed E-state index contributed by atoms with van der Waals surface area (Å²) in [5.41, 5.74) is 1.40. The zero-order chi connectivity index (χ0) is 16.3. The molecule has 0 aliphatic heterocycles. The van der Waals surface area contributed by atoms with Crippen LogP contribution in [0.3, 0.4) is 0 Å². The van der Waals surface area contributed by atoms with Crippen LogP contribution in [-0.2, 0) is 10.0 Å². The summed E-state index contributed by atoms with van der Waals surface area (Å²) in [6, 6.07) is 9.82. The molecule has 2 aromatic rings. The molecule has 1 atom stereocenters. The predicted octanol–water partition coefficient (Wildman–Crippen LogP) is 2.09. The lowest BCUT2D eigenvalue weighted by Crippen LogP contribution is -2.40. The minimum atomic E-state index is -3.62. The van der Waals surface area contributed by atoms with Gasteiger partial charge < -0.3 is 9.42 Å². The second kappa shape index (κ2) is 6.50. The molecule has 6 nitrogen and oxygen atoms in total. The molecule has 22 heavy (non-hydrogen) atoms. The fourth-order valence-electron chi connectivity index (χ4n) is 2.22. The van der Waals surface area contributed by atoms with Crippen molar-refractivity contribution in [1.82, 2.24) is 9.88 Å². The fourth-order valence-corrected chi connectivity index (χ4v) is 3.66. The van der Waals surface area contributed by atoms with Crippen LogP contribution >= 0.6 is 0 Å². The van der Waals surface area contributed by atoms with Crippen molar-refractivity contribution in [1.29, 1.82) is 0 Å². The number of benzene rings is 1. The average molecular weight is 323 g/mol. The Morgan fingerprint density at radius 1 is 1.27 bits per heavy atom. The van der Waals surface area contributed by atoms with E-state index in [0.717, 1.165) is 5.69 Å². The number of aromatic nitrogens is 1. The van der Waals surface area contributed by atoms with Gasteiger partial charge in [-0.3, -0.25) is 0 Å². The lowest BCUT2D eigenvalue weighted by molar-refractivity contribution is 0.390. The number of para-hydroxylation sites is 1. The molecular weight excluding hydrogens is 302 g/mol. The standard InChI is InChI=1S/C15H21N3O3S/c1-11(18(4)14-8-6-5-7-9-14)10-16-22(19,20)15-12(2)17-21-13(15)3/h5-9,11,16H,10H2,1-4H3/t11-/m1/s1. The fraction of sp³-hybridized carbons (Fsp3) is 0.400. The normalized spacial score (nSPS) is 13.1. The number of hydrogen-bond donors (Lipinski definition) is 1. The third-order valence-electron chi connectivity index (χ3n) is 3.63. The zero-order valence-electron chi connectivity index (χ0n) is 13.2. The Morgan fingerprint density at radius 3 is 2.45 bits per heavy atom. The Labute approximate surface area is 131 Å². The Kier molecular flexibility index (Phi) is 4.87. The maximum atomic E-state index is 12.4. The van der Waals surface area contributed by atoms with Gasteiger partial charge in [-0.05, 0) is 32.9 Å². The lowest BCUT2D eigenvalue weighted by atomic mass is 10.2. The first-order chi connectivity index (χ1) is 10.3. The van der Waals surface area contributed by atoms with Gasteiger partial charge in [-0.1, -0.05) is 23.4 Å². The number of hydrogen-bond acceptors (Lipinski definition) is 5. The minimum Gasteiger partial charge on any atom is -0.371 e. The highest BCUT2D eigenvalue weighted by atomic mass is 32.2. The number of sulfonamides is 1. The van der Waals surface area contributed by atoms with E-state index in [1.165, 1.54) is 0 Å². The molecule has 120 valence electrons. The maximum Gasteiger partial charge on any atom is 0.246 e. The smallest absolute Gasteiger partial charge is 0.246 e. The number of aryl methyl sites for hydroxylation is 2. The van der Waals surface area contributed by atoms with Gasteiger partial charge in [-0.15, -0.1) is 0 Å². The van der Waals surface area contributed by atoms with Crippen molar-refractivity contribution in [3.05, 3.63) is 41.8 Å². The first-order valence-corrected chi connectivity index (χ1v) is 8.51. The molecule has 0 amide bonds. The van der Waals surface area contributed by atoms with Crippen LogP contribution in [0, 0.1) is 13.8 Å². The molecule has 1 aromatic carbocycles. The molecule has 1 heterocycles. The summed E-state index contributed by atoms with van der Waals surface area (Å²) in [5, 5.41) is 3.69. The zero-order valence-corrected chi connectivity index (χ0v) is 14.0. The third kappa shape index (κ3) is 3.48. The first-order valence-electron chi connectivity index (χ1n) is 7.03. The molecule has 0 radical (unpaired) electrons. The van der Waals surface area contributed by atoms with E-state index in [9.17, 15) is 8.42 Å². The molecule has 1 aromatic heterocycles. The molecule has 7 heteroatoms. The lowest BCUT2D eigenvalue weighted by Gasteiger charge is -2.27. The van der Waals surface area contributed by atoms with E-state index in [4.69, 9.17) is 4.52 Å². The van der Waals surface area contributed by atoms with Crippen LogP contribution in [0.4, 0.5) is 5.69 Å². The molecule has 0 saturated heterocycles. The van der Waals surface area contributed by atoms with E-state index in [2.05, 4.69) is 9.88 Å². The Bertz CT molecular complexity index is 706. The summed E-state index contributed by atoms with van der Waals surface area (Å²) in [4.78, 5) is 2.15. The summed E-state index contributed by atoms with van der Waals surface area (Å²) < 4.78 is 32.3. The van der Waals surface area contributed by atoms with Crippen molar-refractivity contribution in [2.75, 3.05) is 18.5 Å². The van der Waals surface area contributed by atoms with E-state index in [1.807, 2.05) is 49.2 Å². The first kappa shape index (κ1) is 16.5. The molecule has 0 saturated carbocycles. The molecule has 0 fully saturated rings. The van der Waals surface area contributed by atoms with Crippen molar-refractivity contribution in [3.63, 3.8) is 0 Å². The number of rotatable bonds is 6.